The van der Waals surface area contributed by atoms with Crippen molar-refractivity contribution in [2.24, 2.45) is 0 Å². The van der Waals surface area contributed by atoms with E-state index in [2.05, 4.69) is 16.0 Å². The molecular weight excluding hydrogens is 383 g/mol. The van der Waals surface area contributed by atoms with E-state index in [9.17, 15) is 22.8 Å². The molecule has 29 heavy (non-hydrogen) atoms. The van der Waals surface area contributed by atoms with Crippen LogP contribution in [0.25, 0.3) is 0 Å². The van der Waals surface area contributed by atoms with Gasteiger partial charge in [-0.25, -0.2) is 4.79 Å². The second kappa shape index (κ2) is 8.47. The summed E-state index contributed by atoms with van der Waals surface area (Å²) in [6.45, 7) is 0. The summed E-state index contributed by atoms with van der Waals surface area (Å²) in [6.07, 6.45) is -4.49. The summed E-state index contributed by atoms with van der Waals surface area (Å²) in [6, 6.07) is 18.7. The van der Waals surface area contributed by atoms with Gasteiger partial charge in [-0.1, -0.05) is 24.3 Å². The first-order valence-electron chi connectivity index (χ1n) is 8.53. The third-order valence-electron chi connectivity index (χ3n) is 3.88. The van der Waals surface area contributed by atoms with Crippen LogP contribution in [0.3, 0.4) is 0 Å². The van der Waals surface area contributed by atoms with Gasteiger partial charge in [0.1, 0.15) is 0 Å². The molecule has 0 aliphatic rings. The molecule has 0 atom stereocenters. The zero-order valence-corrected chi connectivity index (χ0v) is 15.0. The highest BCUT2D eigenvalue weighted by Crippen LogP contribution is 2.30. The van der Waals surface area contributed by atoms with Crippen LogP contribution >= 0.6 is 0 Å². The Labute approximate surface area is 164 Å². The second-order valence-electron chi connectivity index (χ2n) is 6.06. The molecule has 3 amide bonds. The van der Waals surface area contributed by atoms with Crippen LogP contribution < -0.4 is 16.0 Å². The molecule has 8 heteroatoms. The maximum absolute atomic E-state index is 12.7. The molecule has 0 aliphatic heterocycles. The minimum absolute atomic E-state index is 0.0177. The number of hydrogen-bond acceptors (Lipinski definition) is 2. The van der Waals surface area contributed by atoms with Gasteiger partial charge in [0.05, 0.1) is 5.56 Å². The molecule has 0 fully saturated rings. The number of alkyl halides is 3. The van der Waals surface area contributed by atoms with E-state index >= 15 is 0 Å². The minimum atomic E-state index is -4.49. The number of urea groups is 1. The number of carbonyl (C=O) groups is 2. The van der Waals surface area contributed by atoms with Gasteiger partial charge in [-0.3, -0.25) is 4.79 Å². The number of amides is 3. The first kappa shape index (κ1) is 19.9. The van der Waals surface area contributed by atoms with Gasteiger partial charge in [-0.2, -0.15) is 13.2 Å². The van der Waals surface area contributed by atoms with Crippen LogP contribution in [0.2, 0.25) is 0 Å². The monoisotopic (exact) mass is 399 g/mol. The molecule has 0 spiro atoms. The molecule has 3 aromatic rings. The van der Waals surface area contributed by atoms with Crippen LogP contribution in [0.1, 0.15) is 15.9 Å². The smallest absolute Gasteiger partial charge is 0.322 e. The molecular formula is C21H16F3N3O2. The zero-order chi connectivity index (χ0) is 20.9. The highest BCUT2D eigenvalue weighted by molar-refractivity contribution is 6.04. The SMILES string of the molecule is O=C(Nc1ccc(NC(=O)c2ccccc2)cc1)Nc1cccc(C(F)(F)F)c1. The average Bonchev–Trinajstić information content (AvgIpc) is 2.69. The molecule has 0 saturated heterocycles. The Hall–Kier alpha value is -3.81. The molecule has 0 radical (unpaired) electrons. The van der Waals surface area contributed by atoms with Crippen molar-refractivity contribution in [2.75, 3.05) is 16.0 Å². The number of rotatable bonds is 4. The fraction of sp³-hybridized carbons (Fsp3) is 0.0476. The van der Waals surface area contributed by atoms with E-state index in [1.165, 1.54) is 12.1 Å². The van der Waals surface area contributed by atoms with Gasteiger partial charge in [-0.05, 0) is 54.6 Å². The lowest BCUT2D eigenvalue weighted by molar-refractivity contribution is -0.137. The molecule has 3 N–H and O–H groups in total. The van der Waals surface area contributed by atoms with Crippen molar-refractivity contribution in [3.8, 4) is 0 Å². The van der Waals surface area contributed by atoms with Gasteiger partial charge in [0.15, 0.2) is 0 Å². The average molecular weight is 399 g/mol. The summed E-state index contributed by atoms with van der Waals surface area (Å²) in [5.74, 6) is -0.270. The standard InChI is InChI=1S/C21H16F3N3O2/c22-21(23,24)15-7-4-8-18(13-15)27-20(29)26-17-11-9-16(10-12-17)25-19(28)14-5-2-1-3-6-14/h1-13H,(H,25,28)(H2,26,27,29). The summed E-state index contributed by atoms with van der Waals surface area (Å²) in [5.41, 5.74) is 0.614. The van der Waals surface area contributed by atoms with Crippen molar-refractivity contribution in [1.82, 2.24) is 0 Å². The van der Waals surface area contributed by atoms with E-state index in [4.69, 9.17) is 0 Å². The van der Waals surface area contributed by atoms with E-state index in [-0.39, 0.29) is 11.6 Å². The summed E-state index contributed by atoms with van der Waals surface area (Å²) >= 11 is 0. The molecule has 3 rings (SSSR count). The lowest BCUT2D eigenvalue weighted by Gasteiger charge is -2.11. The van der Waals surface area contributed by atoms with Gasteiger partial charge in [0.2, 0.25) is 0 Å². The van der Waals surface area contributed by atoms with Gasteiger partial charge >= 0.3 is 12.2 Å². The van der Waals surface area contributed by atoms with E-state index < -0.39 is 17.8 Å². The molecule has 3 aromatic carbocycles. The number of hydrogen-bond donors (Lipinski definition) is 3. The predicted octanol–water partition coefficient (Wildman–Crippen LogP) is 5.60. The summed E-state index contributed by atoms with van der Waals surface area (Å²) in [5, 5.41) is 7.59. The lowest BCUT2D eigenvalue weighted by Crippen LogP contribution is -2.20. The van der Waals surface area contributed by atoms with Crippen molar-refractivity contribution in [3.05, 3.63) is 90.0 Å². The van der Waals surface area contributed by atoms with Crippen LogP contribution in [0.4, 0.5) is 35.0 Å². The van der Waals surface area contributed by atoms with Crippen molar-refractivity contribution >= 4 is 29.0 Å². The number of carbonyl (C=O) groups excluding carboxylic acids is 2. The van der Waals surface area contributed by atoms with Crippen LogP contribution in [-0.2, 0) is 6.18 Å². The van der Waals surface area contributed by atoms with Gasteiger partial charge in [-0.15, -0.1) is 0 Å². The Morgan fingerprint density at radius 3 is 1.86 bits per heavy atom. The first-order chi connectivity index (χ1) is 13.8. The highest BCUT2D eigenvalue weighted by Gasteiger charge is 2.30. The van der Waals surface area contributed by atoms with Crippen LogP contribution in [-0.4, -0.2) is 11.9 Å². The summed E-state index contributed by atoms with van der Waals surface area (Å²) in [7, 11) is 0. The molecule has 0 bridgehead atoms. The second-order valence-corrected chi connectivity index (χ2v) is 6.06. The molecule has 148 valence electrons. The number of nitrogens with one attached hydrogen (secondary N) is 3. The third-order valence-corrected chi connectivity index (χ3v) is 3.88. The fourth-order valence-corrected chi connectivity index (χ4v) is 2.50. The fourth-order valence-electron chi connectivity index (χ4n) is 2.50. The van der Waals surface area contributed by atoms with Gasteiger partial charge < -0.3 is 16.0 Å². The normalized spacial score (nSPS) is 10.9. The van der Waals surface area contributed by atoms with Gasteiger partial charge in [0.25, 0.3) is 5.91 Å². The van der Waals surface area contributed by atoms with Crippen LogP contribution in [0.15, 0.2) is 78.9 Å². The first-order valence-corrected chi connectivity index (χ1v) is 8.53. The van der Waals surface area contributed by atoms with Gasteiger partial charge in [0, 0.05) is 22.6 Å². The molecule has 5 nitrogen and oxygen atoms in total. The van der Waals surface area contributed by atoms with Crippen LogP contribution in [0.5, 0.6) is 0 Å². The largest absolute Gasteiger partial charge is 0.416 e. The minimum Gasteiger partial charge on any atom is -0.322 e. The summed E-state index contributed by atoms with van der Waals surface area (Å²) in [4.78, 5) is 24.1. The highest BCUT2D eigenvalue weighted by atomic mass is 19.4. The Kier molecular flexibility index (Phi) is 5.82. The Morgan fingerprint density at radius 2 is 1.24 bits per heavy atom. The number of halogens is 3. The number of anilines is 3. The van der Waals surface area contributed by atoms with Crippen molar-refractivity contribution < 1.29 is 22.8 Å². The molecule has 0 heterocycles. The molecule has 0 aromatic heterocycles. The van der Waals surface area contributed by atoms with E-state index in [1.807, 2.05) is 6.07 Å². The topological polar surface area (TPSA) is 70.2 Å². The van der Waals surface area contributed by atoms with Crippen molar-refractivity contribution in [1.29, 1.82) is 0 Å². The maximum Gasteiger partial charge on any atom is 0.416 e. The third kappa shape index (κ3) is 5.58. The van der Waals surface area contributed by atoms with E-state index in [0.717, 1.165) is 12.1 Å². The zero-order valence-electron chi connectivity index (χ0n) is 15.0. The quantitative estimate of drug-likeness (QED) is 0.534. The van der Waals surface area contributed by atoms with E-state index in [1.54, 1.807) is 48.5 Å². The number of benzene rings is 3. The summed E-state index contributed by atoms with van der Waals surface area (Å²) < 4.78 is 38.2. The predicted molar refractivity (Wildman–Crippen MR) is 105 cm³/mol. The Balaban J connectivity index is 1.58. The Morgan fingerprint density at radius 1 is 0.655 bits per heavy atom. The van der Waals surface area contributed by atoms with Crippen molar-refractivity contribution in [2.45, 2.75) is 6.18 Å². The molecule has 0 aliphatic carbocycles. The molecule has 0 unspecified atom stereocenters. The van der Waals surface area contributed by atoms with E-state index in [0.29, 0.717) is 16.9 Å². The molecule has 0 saturated carbocycles. The van der Waals surface area contributed by atoms with Crippen molar-refractivity contribution in [3.63, 3.8) is 0 Å². The lowest BCUT2D eigenvalue weighted by atomic mass is 10.2. The van der Waals surface area contributed by atoms with Crippen LogP contribution in [0, 0.1) is 0 Å². The Bertz CT molecular complexity index is 1000. The maximum atomic E-state index is 12.7.